The van der Waals surface area contributed by atoms with Gasteiger partial charge in [0.2, 0.25) is 0 Å². The lowest BCUT2D eigenvalue weighted by Crippen LogP contribution is -2.11. The smallest absolute Gasteiger partial charge is 0.306 e. The fourth-order valence-corrected chi connectivity index (χ4v) is 2.90. The maximum atomic E-state index is 11.5. The zero-order valence-electron chi connectivity index (χ0n) is 16.1. The Labute approximate surface area is 148 Å². The highest BCUT2D eigenvalue weighted by Crippen LogP contribution is 2.19. The van der Waals surface area contributed by atoms with Crippen LogP contribution in [0, 0.1) is 5.92 Å². The normalized spacial score (nSPS) is 12.0. The molecule has 4 nitrogen and oxygen atoms in total. The first-order valence-corrected chi connectivity index (χ1v) is 9.95. The van der Waals surface area contributed by atoms with Crippen molar-refractivity contribution in [1.82, 2.24) is 0 Å². The quantitative estimate of drug-likeness (QED) is 0.277. The van der Waals surface area contributed by atoms with Crippen molar-refractivity contribution in [3.63, 3.8) is 0 Å². The molecule has 24 heavy (non-hydrogen) atoms. The second-order valence-electron chi connectivity index (χ2n) is 6.46. The number of carbonyl (C=O) groups is 2. The largest absolute Gasteiger partial charge is 0.466 e. The number of unbranched alkanes of at least 4 members (excludes halogenated alkanes) is 7. The predicted octanol–water partition coefficient (Wildman–Crippen LogP) is 5.43. The van der Waals surface area contributed by atoms with Crippen molar-refractivity contribution in [2.75, 3.05) is 13.2 Å². The Morgan fingerprint density at radius 2 is 1.21 bits per heavy atom. The van der Waals surface area contributed by atoms with Crippen molar-refractivity contribution < 1.29 is 19.1 Å². The van der Waals surface area contributed by atoms with Gasteiger partial charge in [-0.15, -0.1) is 0 Å². The van der Waals surface area contributed by atoms with Gasteiger partial charge < -0.3 is 9.47 Å². The standard InChI is InChI=1S/C20H38O4/c1-4-18(17-20(22)24-6-3)15-13-11-9-7-8-10-12-14-16-19(21)23-5-2/h18H,4-17H2,1-3H3. The van der Waals surface area contributed by atoms with Crippen LogP contribution in [0.25, 0.3) is 0 Å². The van der Waals surface area contributed by atoms with E-state index in [0.29, 0.717) is 32.0 Å². The van der Waals surface area contributed by atoms with Crippen LogP contribution in [0.2, 0.25) is 0 Å². The highest BCUT2D eigenvalue weighted by Gasteiger charge is 2.12. The molecule has 1 unspecified atom stereocenters. The summed E-state index contributed by atoms with van der Waals surface area (Å²) in [5.41, 5.74) is 0. The molecular weight excluding hydrogens is 304 g/mol. The third kappa shape index (κ3) is 14.5. The van der Waals surface area contributed by atoms with Crippen LogP contribution in [0.4, 0.5) is 0 Å². The monoisotopic (exact) mass is 342 g/mol. The summed E-state index contributed by atoms with van der Waals surface area (Å²) < 4.78 is 9.94. The average molecular weight is 343 g/mol. The molecule has 0 spiro atoms. The average Bonchev–Trinajstić information content (AvgIpc) is 2.55. The van der Waals surface area contributed by atoms with E-state index in [9.17, 15) is 9.59 Å². The molecule has 0 bridgehead atoms. The highest BCUT2D eigenvalue weighted by atomic mass is 16.5. The third-order valence-corrected chi connectivity index (χ3v) is 4.39. The zero-order chi connectivity index (χ0) is 18.0. The summed E-state index contributed by atoms with van der Waals surface area (Å²) in [4.78, 5) is 22.7. The van der Waals surface area contributed by atoms with Crippen LogP contribution in [-0.4, -0.2) is 25.2 Å². The molecule has 142 valence electrons. The molecule has 0 amide bonds. The van der Waals surface area contributed by atoms with Crippen molar-refractivity contribution in [2.24, 2.45) is 5.92 Å². The molecule has 0 saturated heterocycles. The van der Waals surface area contributed by atoms with Crippen LogP contribution >= 0.6 is 0 Å². The van der Waals surface area contributed by atoms with E-state index in [0.717, 1.165) is 25.7 Å². The molecule has 0 radical (unpaired) electrons. The summed E-state index contributed by atoms with van der Waals surface area (Å²) >= 11 is 0. The fourth-order valence-electron chi connectivity index (χ4n) is 2.90. The lowest BCUT2D eigenvalue weighted by Gasteiger charge is -2.13. The van der Waals surface area contributed by atoms with Crippen molar-refractivity contribution in [2.45, 2.75) is 97.8 Å². The van der Waals surface area contributed by atoms with Gasteiger partial charge in [0.25, 0.3) is 0 Å². The minimum Gasteiger partial charge on any atom is -0.466 e. The summed E-state index contributed by atoms with van der Waals surface area (Å²) in [7, 11) is 0. The number of hydrogen-bond donors (Lipinski definition) is 0. The SMILES string of the molecule is CCOC(=O)CCCCCCCCCCC(CC)CC(=O)OCC. The molecule has 0 aliphatic carbocycles. The molecule has 0 aromatic rings. The third-order valence-electron chi connectivity index (χ3n) is 4.39. The Balaban J connectivity index is 3.40. The number of hydrogen-bond acceptors (Lipinski definition) is 4. The van der Waals surface area contributed by atoms with Gasteiger partial charge in [-0.2, -0.15) is 0 Å². The number of rotatable bonds is 16. The molecule has 0 rings (SSSR count). The summed E-state index contributed by atoms with van der Waals surface area (Å²) in [5.74, 6) is 0.366. The van der Waals surface area contributed by atoms with Crippen LogP contribution in [0.3, 0.4) is 0 Å². The van der Waals surface area contributed by atoms with Gasteiger partial charge in [0.1, 0.15) is 0 Å². The van der Waals surface area contributed by atoms with E-state index in [1.165, 1.54) is 38.5 Å². The molecule has 0 heterocycles. The van der Waals surface area contributed by atoms with Crippen LogP contribution in [0.1, 0.15) is 97.8 Å². The highest BCUT2D eigenvalue weighted by molar-refractivity contribution is 5.69. The molecule has 1 atom stereocenters. The van der Waals surface area contributed by atoms with Crippen LogP contribution in [0.15, 0.2) is 0 Å². The van der Waals surface area contributed by atoms with Crippen LogP contribution < -0.4 is 0 Å². The molecule has 0 aromatic carbocycles. The number of carbonyl (C=O) groups excluding carboxylic acids is 2. The van der Waals surface area contributed by atoms with E-state index < -0.39 is 0 Å². The van der Waals surface area contributed by atoms with E-state index in [1.54, 1.807) is 0 Å². The Kier molecular flexibility index (Phi) is 16.0. The maximum absolute atomic E-state index is 11.5. The number of esters is 2. The van der Waals surface area contributed by atoms with Crippen LogP contribution in [-0.2, 0) is 19.1 Å². The van der Waals surface area contributed by atoms with Gasteiger partial charge in [-0.25, -0.2) is 0 Å². The predicted molar refractivity (Wildman–Crippen MR) is 97.8 cm³/mol. The Morgan fingerprint density at radius 3 is 1.75 bits per heavy atom. The summed E-state index contributed by atoms with van der Waals surface area (Å²) in [6.45, 7) is 6.82. The van der Waals surface area contributed by atoms with Gasteiger partial charge in [0.05, 0.1) is 13.2 Å². The lowest BCUT2D eigenvalue weighted by atomic mass is 9.95. The molecular formula is C20H38O4. The van der Waals surface area contributed by atoms with Gasteiger partial charge in [-0.05, 0) is 32.6 Å². The minimum absolute atomic E-state index is 0.0489. The van der Waals surface area contributed by atoms with E-state index in [4.69, 9.17) is 9.47 Å². The maximum Gasteiger partial charge on any atom is 0.306 e. The van der Waals surface area contributed by atoms with Crippen LogP contribution in [0.5, 0.6) is 0 Å². The summed E-state index contributed by atoms with van der Waals surface area (Å²) in [5, 5.41) is 0. The van der Waals surface area contributed by atoms with E-state index >= 15 is 0 Å². The van der Waals surface area contributed by atoms with Gasteiger partial charge in [0.15, 0.2) is 0 Å². The van der Waals surface area contributed by atoms with Gasteiger partial charge in [0, 0.05) is 12.8 Å². The van der Waals surface area contributed by atoms with Gasteiger partial charge in [-0.1, -0.05) is 58.3 Å². The summed E-state index contributed by atoms with van der Waals surface area (Å²) in [6, 6.07) is 0. The van der Waals surface area contributed by atoms with Gasteiger partial charge >= 0.3 is 11.9 Å². The zero-order valence-corrected chi connectivity index (χ0v) is 16.1. The first-order valence-electron chi connectivity index (χ1n) is 9.95. The fraction of sp³-hybridized carbons (Fsp3) is 0.900. The molecule has 0 aromatic heterocycles. The van der Waals surface area contributed by atoms with Crippen molar-refractivity contribution in [1.29, 1.82) is 0 Å². The number of ether oxygens (including phenoxy) is 2. The first kappa shape index (κ1) is 22.9. The molecule has 0 saturated carbocycles. The Morgan fingerprint density at radius 1 is 0.708 bits per heavy atom. The van der Waals surface area contributed by atoms with Crippen molar-refractivity contribution >= 4 is 11.9 Å². The van der Waals surface area contributed by atoms with E-state index in [-0.39, 0.29) is 11.9 Å². The summed E-state index contributed by atoms with van der Waals surface area (Å²) in [6.07, 6.45) is 12.9. The molecule has 0 N–H and O–H groups in total. The molecule has 4 heteroatoms. The minimum atomic E-state index is -0.0641. The van der Waals surface area contributed by atoms with Crippen molar-refractivity contribution in [3.8, 4) is 0 Å². The van der Waals surface area contributed by atoms with E-state index in [2.05, 4.69) is 6.92 Å². The second-order valence-corrected chi connectivity index (χ2v) is 6.46. The van der Waals surface area contributed by atoms with E-state index in [1.807, 2.05) is 13.8 Å². The van der Waals surface area contributed by atoms with Gasteiger partial charge in [-0.3, -0.25) is 9.59 Å². The molecule has 0 aliphatic rings. The Hall–Kier alpha value is -1.06. The molecule has 0 aliphatic heterocycles. The van der Waals surface area contributed by atoms with Crippen molar-refractivity contribution in [3.05, 3.63) is 0 Å². The topological polar surface area (TPSA) is 52.6 Å². The first-order chi connectivity index (χ1) is 11.6. The lowest BCUT2D eigenvalue weighted by molar-refractivity contribution is -0.144. The second kappa shape index (κ2) is 16.8. The Bertz CT molecular complexity index is 315. The molecule has 0 fully saturated rings.